The van der Waals surface area contributed by atoms with Crippen LogP contribution >= 0.6 is 0 Å². The van der Waals surface area contributed by atoms with Crippen LogP contribution in [0.15, 0.2) is 48.5 Å². The molecule has 148 valence electrons. The number of aromatic nitrogens is 2. The number of nitrogens with one attached hydrogen (secondary N) is 2. The Morgan fingerprint density at radius 2 is 1.86 bits per heavy atom. The molecule has 0 atom stereocenters. The zero-order chi connectivity index (χ0) is 20.2. The first-order valence-electron chi connectivity index (χ1n) is 9.04. The number of fused-ring (bicyclic) bond motifs is 1. The second-order valence-corrected chi connectivity index (χ2v) is 6.44. The third-order valence-corrected chi connectivity index (χ3v) is 4.33. The number of carbonyl (C=O) groups excluding carboxylic acids is 1. The van der Waals surface area contributed by atoms with Crippen LogP contribution in [0.5, 0.6) is 17.2 Å². The lowest BCUT2D eigenvalue weighted by molar-refractivity contribution is 0.0945. The monoisotopic (exact) mass is 392 g/mol. The van der Waals surface area contributed by atoms with Gasteiger partial charge >= 0.3 is 0 Å². The number of aryl methyl sites for hydroxylation is 1. The molecule has 29 heavy (non-hydrogen) atoms. The largest absolute Gasteiger partial charge is 0.497 e. The van der Waals surface area contributed by atoms with E-state index in [0.29, 0.717) is 29.7 Å². The van der Waals surface area contributed by atoms with Gasteiger partial charge in [0.25, 0.3) is 5.91 Å². The summed E-state index contributed by atoms with van der Waals surface area (Å²) in [5, 5.41) is 5.98. The van der Waals surface area contributed by atoms with Crippen LogP contribution < -0.4 is 24.8 Å². The van der Waals surface area contributed by atoms with E-state index in [9.17, 15) is 4.79 Å². The molecule has 0 radical (unpaired) electrons. The molecule has 8 heteroatoms. The number of rotatable bonds is 6. The van der Waals surface area contributed by atoms with Crippen LogP contribution in [0.4, 0.5) is 11.6 Å². The van der Waals surface area contributed by atoms with Crippen LogP contribution in [-0.4, -0.2) is 29.8 Å². The van der Waals surface area contributed by atoms with E-state index in [1.54, 1.807) is 19.2 Å². The number of methoxy groups -OCH3 is 1. The van der Waals surface area contributed by atoms with Gasteiger partial charge in [0.1, 0.15) is 11.4 Å². The number of nitrogens with zero attached hydrogens (tertiary/aromatic N) is 2. The van der Waals surface area contributed by atoms with E-state index in [4.69, 9.17) is 14.2 Å². The second-order valence-electron chi connectivity index (χ2n) is 6.44. The minimum Gasteiger partial charge on any atom is -0.497 e. The Balaban J connectivity index is 1.45. The average molecular weight is 392 g/mol. The van der Waals surface area contributed by atoms with E-state index < -0.39 is 0 Å². The van der Waals surface area contributed by atoms with Gasteiger partial charge in [0, 0.05) is 24.0 Å². The molecule has 0 saturated heterocycles. The molecule has 0 spiro atoms. The molecule has 0 unspecified atom stereocenters. The Labute approximate surface area is 167 Å². The highest BCUT2D eigenvalue weighted by Gasteiger charge is 2.15. The smallest absolute Gasteiger partial charge is 0.270 e. The van der Waals surface area contributed by atoms with Crippen molar-refractivity contribution < 1.29 is 19.0 Å². The highest BCUT2D eigenvalue weighted by molar-refractivity contribution is 5.92. The van der Waals surface area contributed by atoms with Crippen molar-refractivity contribution in [2.45, 2.75) is 13.5 Å². The molecule has 2 heterocycles. The van der Waals surface area contributed by atoms with E-state index in [2.05, 4.69) is 20.6 Å². The molecule has 4 rings (SSSR count). The quantitative estimate of drug-likeness (QED) is 0.665. The molecule has 1 amide bonds. The van der Waals surface area contributed by atoms with Gasteiger partial charge in [-0.2, -0.15) is 0 Å². The first-order valence-corrected chi connectivity index (χ1v) is 9.04. The molecule has 0 fully saturated rings. The molecule has 0 bridgehead atoms. The lowest BCUT2D eigenvalue weighted by Crippen LogP contribution is -2.24. The Morgan fingerprint density at radius 1 is 1.07 bits per heavy atom. The van der Waals surface area contributed by atoms with Gasteiger partial charge in [0.05, 0.1) is 7.11 Å². The van der Waals surface area contributed by atoms with Crippen molar-refractivity contribution in [2.24, 2.45) is 0 Å². The molecular weight excluding hydrogens is 372 g/mol. The van der Waals surface area contributed by atoms with E-state index >= 15 is 0 Å². The standard InChI is InChI=1S/C21H20N4O4/c1-13-9-17(20(26)22-11-14-3-6-16(27-2)7-4-14)25-21(23-13)24-15-5-8-18-19(10-15)29-12-28-18/h3-10H,11-12H2,1-2H3,(H,22,26)(H,23,24,25). The zero-order valence-electron chi connectivity index (χ0n) is 16.1. The fourth-order valence-electron chi connectivity index (χ4n) is 2.86. The summed E-state index contributed by atoms with van der Waals surface area (Å²) in [5.41, 5.74) is 2.67. The number of benzene rings is 2. The summed E-state index contributed by atoms with van der Waals surface area (Å²) in [6.45, 7) is 2.40. The predicted molar refractivity (Wildman–Crippen MR) is 107 cm³/mol. The Bertz CT molecular complexity index is 1040. The summed E-state index contributed by atoms with van der Waals surface area (Å²) in [6, 6.07) is 14.6. The molecular formula is C21H20N4O4. The van der Waals surface area contributed by atoms with Crippen molar-refractivity contribution in [3.63, 3.8) is 0 Å². The first-order chi connectivity index (χ1) is 14.1. The maximum atomic E-state index is 12.6. The van der Waals surface area contributed by atoms with Gasteiger partial charge < -0.3 is 24.8 Å². The van der Waals surface area contributed by atoms with Gasteiger partial charge in [-0.3, -0.25) is 4.79 Å². The van der Waals surface area contributed by atoms with Gasteiger partial charge in [-0.1, -0.05) is 12.1 Å². The topological polar surface area (TPSA) is 94.6 Å². The maximum Gasteiger partial charge on any atom is 0.270 e. The second kappa shape index (κ2) is 8.05. The van der Waals surface area contributed by atoms with Crippen LogP contribution in [0.1, 0.15) is 21.7 Å². The molecule has 1 aliphatic rings. The van der Waals surface area contributed by atoms with Crippen molar-refractivity contribution in [1.29, 1.82) is 0 Å². The van der Waals surface area contributed by atoms with Crippen molar-refractivity contribution >= 4 is 17.5 Å². The lowest BCUT2D eigenvalue weighted by atomic mass is 10.2. The van der Waals surface area contributed by atoms with E-state index in [1.807, 2.05) is 43.3 Å². The summed E-state index contributed by atoms with van der Waals surface area (Å²) in [4.78, 5) is 21.3. The van der Waals surface area contributed by atoms with Gasteiger partial charge in [-0.15, -0.1) is 0 Å². The Kier molecular flexibility index (Phi) is 5.15. The molecule has 1 aliphatic heterocycles. The first kappa shape index (κ1) is 18.5. The maximum absolute atomic E-state index is 12.6. The predicted octanol–water partition coefficient (Wildman–Crippen LogP) is 3.20. The van der Waals surface area contributed by atoms with Gasteiger partial charge in [0.2, 0.25) is 12.7 Å². The normalized spacial score (nSPS) is 11.8. The summed E-state index contributed by atoms with van der Waals surface area (Å²) >= 11 is 0. The molecule has 8 nitrogen and oxygen atoms in total. The minimum absolute atomic E-state index is 0.207. The number of hydrogen-bond donors (Lipinski definition) is 2. The van der Waals surface area contributed by atoms with Crippen LogP contribution in [0, 0.1) is 6.92 Å². The third-order valence-electron chi connectivity index (χ3n) is 4.33. The minimum atomic E-state index is -0.278. The summed E-state index contributed by atoms with van der Waals surface area (Å²) in [7, 11) is 1.61. The number of ether oxygens (including phenoxy) is 3. The number of hydrogen-bond acceptors (Lipinski definition) is 7. The summed E-state index contributed by atoms with van der Waals surface area (Å²) < 4.78 is 15.8. The zero-order valence-corrected chi connectivity index (χ0v) is 16.1. The summed E-state index contributed by atoms with van der Waals surface area (Å²) in [6.07, 6.45) is 0. The van der Waals surface area contributed by atoms with E-state index in [1.165, 1.54) is 0 Å². The van der Waals surface area contributed by atoms with Crippen molar-refractivity contribution in [3.8, 4) is 17.2 Å². The molecule has 3 aromatic rings. The lowest BCUT2D eigenvalue weighted by Gasteiger charge is -2.10. The van der Waals surface area contributed by atoms with Crippen molar-refractivity contribution in [3.05, 3.63) is 65.5 Å². The Hall–Kier alpha value is -3.81. The highest BCUT2D eigenvalue weighted by Crippen LogP contribution is 2.34. The molecule has 2 aromatic carbocycles. The fraction of sp³-hybridized carbons (Fsp3) is 0.190. The van der Waals surface area contributed by atoms with Crippen LogP contribution in [0.3, 0.4) is 0 Å². The Morgan fingerprint density at radius 3 is 2.66 bits per heavy atom. The number of anilines is 2. The SMILES string of the molecule is COc1ccc(CNC(=O)c2cc(C)nc(Nc3ccc4c(c3)OCO4)n2)cc1. The average Bonchev–Trinajstić information content (AvgIpc) is 3.20. The van der Waals surface area contributed by atoms with Crippen LogP contribution in [0.2, 0.25) is 0 Å². The molecule has 0 saturated carbocycles. The summed E-state index contributed by atoms with van der Waals surface area (Å²) in [5.74, 6) is 2.17. The van der Waals surface area contributed by atoms with Crippen molar-refractivity contribution in [2.75, 3.05) is 19.2 Å². The van der Waals surface area contributed by atoms with Gasteiger partial charge in [-0.25, -0.2) is 9.97 Å². The van der Waals surface area contributed by atoms with Crippen LogP contribution in [0.25, 0.3) is 0 Å². The number of amides is 1. The van der Waals surface area contributed by atoms with Crippen LogP contribution in [-0.2, 0) is 6.54 Å². The van der Waals surface area contributed by atoms with Gasteiger partial charge in [-0.05, 0) is 42.8 Å². The number of carbonyl (C=O) groups is 1. The van der Waals surface area contributed by atoms with E-state index in [0.717, 1.165) is 17.0 Å². The van der Waals surface area contributed by atoms with Gasteiger partial charge in [0.15, 0.2) is 11.5 Å². The van der Waals surface area contributed by atoms with E-state index in [-0.39, 0.29) is 18.4 Å². The molecule has 0 aliphatic carbocycles. The fourth-order valence-corrected chi connectivity index (χ4v) is 2.86. The highest BCUT2D eigenvalue weighted by atomic mass is 16.7. The molecule has 2 N–H and O–H groups in total. The molecule has 1 aromatic heterocycles. The van der Waals surface area contributed by atoms with Crippen molar-refractivity contribution in [1.82, 2.24) is 15.3 Å². The third kappa shape index (κ3) is 4.37.